The molecule has 2 unspecified atom stereocenters. The minimum absolute atomic E-state index is 0.0158. The van der Waals surface area contributed by atoms with E-state index in [1.54, 1.807) is 24.3 Å². The van der Waals surface area contributed by atoms with Gasteiger partial charge >= 0.3 is 0 Å². The van der Waals surface area contributed by atoms with Gasteiger partial charge in [0, 0.05) is 12.5 Å². The van der Waals surface area contributed by atoms with Gasteiger partial charge in [-0.05, 0) is 50.1 Å². The second-order valence-electron chi connectivity index (χ2n) is 5.91. The number of ether oxygens (including phenoxy) is 1. The van der Waals surface area contributed by atoms with E-state index in [9.17, 15) is 9.18 Å². The summed E-state index contributed by atoms with van der Waals surface area (Å²) in [6.07, 6.45) is 0.983. The van der Waals surface area contributed by atoms with Crippen LogP contribution < -0.4 is 15.8 Å². The predicted molar refractivity (Wildman–Crippen MR) is 92.4 cm³/mol. The molecule has 0 aliphatic heterocycles. The molecule has 0 saturated heterocycles. The molecule has 0 aliphatic rings. The highest BCUT2D eigenvalue weighted by Crippen LogP contribution is 2.26. The Balaban J connectivity index is 1.99. The third kappa shape index (κ3) is 5.35. The fourth-order valence-electron chi connectivity index (χ4n) is 2.24. The third-order valence-electron chi connectivity index (χ3n) is 3.63. The number of carbonyl (C=O) groups is 1. The Kier molecular flexibility index (Phi) is 6.32. The van der Waals surface area contributed by atoms with Crippen LogP contribution in [0.2, 0.25) is 0 Å². The Hall–Kier alpha value is -2.40. The highest BCUT2D eigenvalue weighted by Gasteiger charge is 2.13. The van der Waals surface area contributed by atoms with Gasteiger partial charge in [-0.25, -0.2) is 4.39 Å². The van der Waals surface area contributed by atoms with Gasteiger partial charge in [-0.3, -0.25) is 4.79 Å². The van der Waals surface area contributed by atoms with Gasteiger partial charge in [0.15, 0.2) is 11.6 Å². The molecule has 0 fully saturated rings. The van der Waals surface area contributed by atoms with E-state index in [0.29, 0.717) is 24.2 Å². The Morgan fingerprint density at radius 1 is 1.21 bits per heavy atom. The zero-order valence-electron chi connectivity index (χ0n) is 14.0. The van der Waals surface area contributed by atoms with Gasteiger partial charge in [0.25, 0.3) is 0 Å². The molecule has 0 aliphatic carbocycles. The van der Waals surface area contributed by atoms with Crippen molar-refractivity contribution in [1.29, 1.82) is 0 Å². The van der Waals surface area contributed by atoms with E-state index in [-0.39, 0.29) is 23.7 Å². The number of rotatable bonds is 7. The highest BCUT2D eigenvalue weighted by atomic mass is 19.1. The molecular formula is C19H23FN2O2. The molecule has 0 bridgehead atoms. The van der Waals surface area contributed by atoms with Crippen molar-refractivity contribution in [3.05, 3.63) is 59.9 Å². The number of benzene rings is 2. The van der Waals surface area contributed by atoms with Crippen molar-refractivity contribution >= 4 is 5.91 Å². The minimum atomic E-state index is -0.465. The van der Waals surface area contributed by atoms with Crippen LogP contribution in [-0.4, -0.2) is 11.9 Å². The van der Waals surface area contributed by atoms with Crippen LogP contribution in [-0.2, 0) is 4.79 Å². The predicted octanol–water partition coefficient (Wildman–Crippen LogP) is 3.92. The van der Waals surface area contributed by atoms with Gasteiger partial charge in [0.1, 0.15) is 5.75 Å². The fraction of sp³-hybridized carbons (Fsp3) is 0.316. The summed E-state index contributed by atoms with van der Waals surface area (Å²) in [4.78, 5) is 11.8. The Morgan fingerprint density at radius 2 is 1.92 bits per heavy atom. The fourth-order valence-corrected chi connectivity index (χ4v) is 2.24. The summed E-state index contributed by atoms with van der Waals surface area (Å²) in [5.74, 6) is 0.166. The van der Waals surface area contributed by atoms with Crippen molar-refractivity contribution in [3.8, 4) is 11.5 Å². The van der Waals surface area contributed by atoms with E-state index >= 15 is 0 Å². The molecule has 128 valence electrons. The Bertz CT molecular complexity index is 674. The zero-order chi connectivity index (χ0) is 17.5. The summed E-state index contributed by atoms with van der Waals surface area (Å²) in [6.45, 7) is 3.67. The summed E-state index contributed by atoms with van der Waals surface area (Å²) >= 11 is 0. The number of halogens is 1. The number of nitrogens with two attached hydrogens (primary N) is 1. The van der Waals surface area contributed by atoms with Crippen LogP contribution in [0.4, 0.5) is 4.39 Å². The summed E-state index contributed by atoms with van der Waals surface area (Å²) in [6, 6.07) is 13.4. The quantitative estimate of drug-likeness (QED) is 0.808. The SMILES string of the molecule is CC(N)CCC(=O)NC(C)c1ccc(Oc2ccccc2)c(F)c1. The molecule has 4 nitrogen and oxygen atoms in total. The minimum Gasteiger partial charge on any atom is -0.454 e. The molecule has 2 rings (SSSR count). The van der Waals surface area contributed by atoms with Gasteiger partial charge in [0.05, 0.1) is 6.04 Å². The van der Waals surface area contributed by atoms with Crippen molar-refractivity contribution in [3.63, 3.8) is 0 Å². The number of amides is 1. The molecule has 2 aromatic carbocycles. The maximum atomic E-state index is 14.2. The summed E-state index contributed by atoms with van der Waals surface area (Å²) in [5.41, 5.74) is 6.32. The number of hydrogen-bond donors (Lipinski definition) is 2. The number of hydrogen-bond acceptors (Lipinski definition) is 3. The van der Waals surface area contributed by atoms with E-state index in [4.69, 9.17) is 10.5 Å². The highest BCUT2D eigenvalue weighted by molar-refractivity contribution is 5.76. The molecule has 2 aromatic rings. The van der Waals surface area contributed by atoms with Crippen molar-refractivity contribution in [1.82, 2.24) is 5.32 Å². The largest absolute Gasteiger partial charge is 0.454 e. The lowest BCUT2D eigenvalue weighted by molar-refractivity contribution is -0.121. The summed E-state index contributed by atoms with van der Waals surface area (Å²) in [7, 11) is 0. The Labute approximate surface area is 141 Å². The molecule has 0 radical (unpaired) electrons. The number of para-hydroxylation sites is 1. The maximum absolute atomic E-state index is 14.2. The van der Waals surface area contributed by atoms with E-state index in [1.165, 1.54) is 6.07 Å². The molecule has 2 atom stereocenters. The van der Waals surface area contributed by atoms with Crippen molar-refractivity contribution in [2.24, 2.45) is 5.73 Å². The van der Waals surface area contributed by atoms with Crippen LogP contribution in [0.25, 0.3) is 0 Å². The lowest BCUT2D eigenvalue weighted by Gasteiger charge is -2.16. The van der Waals surface area contributed by atoms with Gasteiger partial charge in [-0.2, -0.15) is 0 Å². The standard InChI is InChI=1S/C19H23FN2O2/c1-13(21)8-11-19(23)22-14(2)15-9-10-18(17(20)12-15)24-16-6-4-3-5-7-16/h3-7,9-10,12-14H,8,11,21H2,1-2H3,(H,22,23). The van der Waals surface area contributed by atoms with E-state index in [2.05, 4.69) is 5.32 Å². The van der Waals surface area contributed by atoms with Gasteiger partial charge in [-0.1, -0.05) is 24.3 Å². The first-order valence-corrected chi connectivity index (χ1v) is 8.03. The molecule has 0 spiro atoms. The van der Waals surface area contributed by atoms with Crippen molar-refractivity contribution in [2.75, 3.05) is 0 Å². The second kappa shape index (κ2) is 8.45. The molecule has 3 N–H and O–H groups in total. The first-order valence-electron chi connectivity index (χ1n) is 8.03. The first-order chi connectivity index (χ1) is 11.5. The normalized spacial score (nSPS) is 13.2. The average Bonchev–Trinajstić information content (AvgIpc) is 2.55. The molecule has 0 heterocycles. The summed E-state index contributed by atoms with van der Waals surface area (Å²) in [5, 5.41) is 2.85. The number of carbonyl (C=O) groups excluding carboxylic acids is 1. The van der Waals surface area contributed by atoms with Crippen LogP contribution in [0.15, 0.2) is 48.5 Å². The van der Waals surface area contributed by atoms with Crippen LogP contribution in [0.5, 0.6) is 11.5 Å². The lowest BCUT2D eigenvalue weighted by Crippen LogP contribution is -2.28. The third-order valence-corrected chi connectivity index (χ3v) is 3.63. The molecule has 5 heteroatoms. The Morgan fingerprint density at radius 3 is 2.54 bits per heavy atom. The smallest absolute Gasteiger partial charge is 0.220 e. The van der Waals surface area contributed by atoms with E-state index in [0.717, 1.165) is 0 Å². The van der Waals surface area contributed by atoms with Crippen LogP contribution in [0, 0.1) is 5.82 Å². The zero-order valence-corrected chi connectivity index (χ0v) is 14.0. The topological polar surface area (TPSA) is 64.4 Å². The molecular weight excluding hydrogens is 307 g/mol. The van der Waals surface area contributed by atoms with Crippen LogP contribution >= 0.6 is 0 Å². The molecule has 24 heavy (non-hydrogen) atoms. The lowest BCUT2D eigenvalue weighted by atomic mass is 10.1. The van der Waals surface area contributed by atoms with Crippen molar-refractivity contribution in [2.45, 2.75) is 38.8 Å². The second-order valence-corrected chi connectivity index (χ2v) is 5.91. The van der Waals surface area contributed by atoms with Gasteiger partial charge in [0.2, 0.25) is 5.91 Å². The maximum Gasteiger partial charge on any atom is 0.220 e. The van der Waals surface area contributed by atoms with Gasteiger partial charge in [-0.15, -0.1) is 0 Å². The van der Waals surface area contributed by atoms with Crippen LogP contribution in [0.1, 0.15) is 38.3 Å². The van der Waals surface area contributed by atoms with E-state index in [1.807, 2.05) is 32.0 Å². The number of nitrogens with one attached hydrogen (secondary N) is 1. The molecule has 1 amide bonds. The van der Waals surface area contributed by atoms with Crippen LogP contribution in [0.3, 0.4) is 0 Å². The molecule has 0 aromatic heterocycles. The van der Waals surface area contributed by atoms with Gasteiger partial charge < -0.3 is 15.8 Å². The first kappa shape index (κ1) is 17.9. The van der Waals surface area contributed by atoms with E-state index < -0.39 is 5.82 Å². The van der Waals surface area contributed by atoms with Crippen molar-refractivity contribution < 1.29 is 13.9 Å². The molecule has 0 saturated carbocycles. The summed E-state index contributed by atoms with van der Waals surface area (Å²) < 4.78 is 19.7. The average molecular weight is 330 g/mol. The monoisotopic (exact) mass is 330 g/mol.